The second-order valence-electron chi connectivity index (χ2n) is 8.39. The maximum atomic E-state index is 12.4. The van der Waals surface area contributed by atoms with E-state index >= 15 is 0 Å². The van der Waals surface area contributed by atoms with Gasteiger partial charge in [0.15, 0.2) is 5.69 Å². The number of nitrogens with one attached hydrogen (secondary N) is 2. The van der Waals surface area contributed by atoms with Gasteiger partial charge in [-0.05, 0) is 28.2 Å². The Labute approximate surface area is 207 Å². The van der Waals surface area contributed by atoms with Crippen molar-refractivity contribution in [2.24, 2.45) is 5.92 Å². The van der Waals surface area contributed by atoms with Crippen LogP contribution >= 0.6 is 11.3 Å². The van der Waals surface area contributed by atoms with Crippen LogP contribution in [0.5, 0.6) is 0 Å². The summed E-state index contributed by atoms with van der Waals surface area (Å²) < 4.78 is 5.56. The van der Waals surface area contributed by atoms with Crippen molar-refractivity contribution in [2.45, 2.75) is 32.2 Å². The van der Waals surface area contributed by atoms with Crippen LogP contribution in [0.25, 0.3) is 11.1 Å². The monoisotopic (exact) mass is 493 g/mol. The predicted octanol–water partition coefficient (Wildman–Crippen LogP) is 4.41. The lowest BCUT2D eigenvalue weighted by Crippen LogP contribution is -2.33. The average Bonchev–Trinajstić information content (AvgIpc) is 3.47. The molecule has 1 atom stereocenters. The largest absolute Gasteiger partial charge is 0.476 e. The van der Waals surface area contributed by atoms with Crippen molar-refractivity contribution in [1.82, 2.24) is 15.6 Å². The van der Waals surface area contributed by atoms with E-state index in [0.717, 1.165) is 11.1 Å². The number of carbonyl (C=O) groups is 3. The molecular formula is C26H27N3O5S. The number of carboxylic acid groups (broad SMARTS) is 1. The molecule has 1 unspecified atom stereocenters. The van der Waals surface area contributed by atoms with Gasteiger partial charge in [0.05, 0.1) is 6.54 Å². The van der Waals surface area contributed by atoms with Gasteiger partial charge in [-0.1, -0.05) is 61.9 Å². The number of amides is 2. The number of hydrogen-bond acceptors (Lipinski definition) is 6. The number of fused-ring (bicyclic) bond motifs is 3. The van der Waals surface area contributed by atoms with Crippen LogP contribution in [-0.4, -0.2) is 41.2 Å². The molecule has 1 aliphatic carbocycles. The highest BCUT2D eigenvalue weighted by molar-refractivity contribution is 7.09. The Hall–Kier alpha value is -3.72. The minimum Gasteiger partial charge on any atom is -0.476 e. The third kappa shape index (κ3) is 5.86. The van der Waals surface area contributed by atoms with Gasteiger partial charge in [0.25, 0.3) is 0 Å². The molecule has 3 N–H and O–H groups in total. The summed E-state index contributed by atoms with van der Waals surface area (Å²) in [6, 6.07) is 16.3. The fraction of sp³-hybridized carbons (Fsp3) is 0.308. The van der Waals surface area contributed by atoms with Crippen LogP contribution in [0.2, 0.25) is 0 Å². The van der Waals surface area contributed by atoms with Crippen LogP contribution in [0, 0.1) is 5.92 Å². The molecule has 1 aliphatic rings. The fourth-order valence-corrected chi connectivity index (χ4v) is 4.94. The van der Waals surface area contributed by atoms with E-state index in [1.165, 1.54) is 27.8 Å². The standard InChI is InChI=1S/C26H27N3O5S/c1-2-16(11-23(30)27-13-24-29-22(15-35-24)25(31)32)12-28-26(33)34-14-21-19-9-5-3-7-17(19)18-8-4-6-10-20(18)21/h3-10,15-16,21H,2,11-14H2,1H3,(H,27,30)(H,28,33)(H,31,32). The number of rotatable bonds is 10. The van der Waals surface area contributed by atoms with E-state index in [4.69, 9.17) is 9.84 Å². The summed E-state index contributed by atoms with van der Waals surface area (Å²) in [7, 11) is 0. The molecule has 0 aliphatic heterocycles. The number of aromatic nitrogens is 1. The van der Waals surface area contributed by atoms with Crippen LogP contribution in [0.3, 0.4) is 0 Å². The lowest BCUT2D eigenvalue weighted by atomic mass is 9.98. The Kier molecular flexibility index (Phi) is 7.77. The summed E-state index contributed by atoms with van der Waals surface area (Å²) in [6.07, 6.45) is 0.434. The fourth-order valence-electron chi connectivity index (χ4n) is 4.24. The Bertz CT molecular complexity index is 1180. The molecule has 9 heteroatoms. The quantitative estimate of drug-likeness (QED) is 0.385. The maximum absolute atomic E-state index is 12.4. The number of thiazole rings is 1. The molecule has 0 saturated carbocycles. The Morgan fingerprint density at radius 2 is 1.71 bits per heavy atom. The minimum absolute atomic E-state index is 0.00611. The highest BCUT2D eigenvalue weighted by Gasteiger charge is 2.29. The molecule has 1 aromatic heterocycles. The first-order chi connectivity index (χ1) is 17.0. The molecule has 0 fully saturated rings. The molecule has 2 aromatic carbocycles. The summed E-state index contributed by atoms with van der Waals surface area (Å²) >= 11 is 1.19. The van der Waals surface area contributed by atoms with Gasteiger partial charge in [-0.15, -0.1) is 11.3 Å². The van der Waals surface area contributed by atoms with Gasteiger partial charge in [0.2, 0.25) is 5.91 Å². The number of hydrogen-bond donors (Lipinski definition) is 3. The van der Waals surface area contributed by atoms with E-state index in [1.54, 1.807) is 0 Å². The number of nitrogens with zero attached hydrogens (tertiary/aromatic N) is 1. The molecule has 3 aromatic rings. The number of ether oxygens (including phenoxy) is 1. The number of benzene rings is 2. The van der Waals surface area contributed by atoms with Crippen molar-refractivity contribution >= 4 is 29.3 Å². The van der Waals surface area contributed by atoms with Gasteiger partial charge in [-0.3, -0.25) is 4.79 Å². The number of carboxylic acids is 1. The zero-order chi connectivity index (χ0) is 24.8. The Morgan fingerprint density at radius 3 is 2.31 bits per heavy atom. The van der Waals surface area contributed by atoms with Gasteiger partial charge in [-0.2, -0.15) is 0 Å². The molecule has 1 heterocycles. The van der Waals surface area contributed by atoms with Crippen LogP contribution < -0.4 is 10.6 Å². The van der Waals surface area contributed by atoms with E-state index in [1.807, 2.05) is 31.2 Å². The van der Waals surface area contributed by atoms with E-state index in [-0.39, 0.29) is 43.0 Å². The number of alkyl carbamates (subject to hydrolysis) is 1. The topological polar surface area (TPSA) is 118 Å². The van der Waals surface area contributed by atoms with Crippen LogP contribution in [0.15, 0.2) is 53.9 Å². The molecule has 0 saturated heterocycles. The van der Waals surface area contributed by atoms with Crippen LogP contribution in [0.1, 0.15) is 52.3 Å². The number of aromatic carboxylic acids is 1. The lowest BCUT2D eigenvalue weighted by Gasteiger charge is -2.17. The molecule has 35 heavy (non-hydrogen) atoms. The van der Waals surface area contributed by atoms with E-state index < -0.39 is 12.1 Å². The lowest BCUT2D eigenvalue weighted by molar-refractivity contribution is -0.122. The van der Waals surface area contributed by atoms with Crippen molar-refractivity contribution in [1.29, 1.82) is 0 Å². The third-order valence-electron chi connectivity index (χ3n) is 6.14. The van der Waals surface area contributed by atoms with Gasteiger partial charge < -0.3 is 20.5 Å². The van der Waals surface area contributed by atoms with Crippen molar-refractivity contribution < 1.29 is 24.2 Å². The third-order valence-corrected chi connectivity index (χ3v) is 6.99. The normalized spacial score (nSPS) is 12.9. The maximum Gasteiger partial charge on any atom is 0.407 e. The predicted molar refractivity (Wildman–Crippen MR) is 132 cm³/mol. The number of carbonyl (C=O) groups excluding carboxylic acids is 2. The molecular weight excluding hydrogens is 466 g/mol. The van der Waals surface area contributed by atoms with E-state index in [9.17, 15) is 14.4 Å². The Balaban J connectivity index is 1.23. The summed E-state index contributed by atoms with van der Waals surface area (Å²) in [4.78, 5) is 39.6. The highest BCUT2D eigenvalue weighted by atomic mass is 32.1. The van der Waals surface area contributed by atoms with Crippen molar-refractivity contribution in [3.8, 4) is 11.1 Å². The first-order valence-corrected chi connectivity index (χ1v) is 12.4. The first kappa shape index (κ1) is 24.4. The van der Waals surface area contributed by atoms with Gasteiger partial charge >= 0.3 is 12.1 Å². The van der Waals surface area contributed by atoms with Crippen molar-refractivity contribution in [3.05, 3.63) is 75.7 Å². The van der Waals surface area contributed by atoms with Crippen LogP contribution in [0.4, 0.5) is 4.79 Å². The van der Waals surface area contributed by atoms with Gasteiger partial charge in [0.1, 0.15) is 11.6 Å². The molecule has 0 radical (unpaired) electrons. The molecule has 8 nitrogen and oxygen atoms in total. The van der Waals surface area contributed by atoms with Crippen molar-refractivity contribution in [3.63, 3.8) is 0 Å². The molecule has 2 amide bonds. The van der Waals surface area contributed by atoms with Gasteiger partial charge in [0, 0.05) is 24.3 Å². The van der Waals surface area contributed by atoms with Crippen LogP contribution in [-0.2, 0) is 16.1 Å². The highest BCUT2D eigenvalue weighted by Crippen LogP contribution is 2.44. The molecule has 4 rings (SSSR count). The Morgan fingerprint density at radius 1 is 1.06 bits per heavy atom. The second-order valence-corrected chi connectivity index (χ2v) is 9.34. The van der Waals surface area contributed by atoms with E-state index in [0.29, 0.717) is 18.0 Å². The van der Waals surface area contributed by atoms with E-state index in [2.05, 4.69) is 39.9 Å². The molecule has 182 valence electrons. The smallest absolute Gasteiger partial charge is 0.407 e. The van der Waals surface area contributed by atoms with Gasteiger partial charge in [-0.25, -0.2) is 14.6 Å². The second kappa shape index (κ2) is 11.1. The first-order valence-electron chi connectivity index (χ1n) is 11.5. The molecule has 0 spiro atoms. The minimum atomic E-state index is -1.09. The summed E-state index contributed by atoms with van der Waals surface area (Å²) in [5, 5.41) is 16.4. The summed E-state index contributed by atoms with van der Waals surface area (Å²) in [5.41, 5.74) is 4.62. The SMILES string of the molecule is CCC(CNC(=O)OCC1c2ccccc2-c2ccccc21)CC(=O)NCc1nc(C(=O)O)cs1. The zero-order valence-corrected chi connectivity index (χ0v) is 20.1. The summed E-state index contributed by atoms with van der Waals surface area (Å²) in [5.74, 6) is -1.34. The summed E-state index contributed by atoms with van der Waals surface area (Å²) in [6.45, 7) is 2.69. The average molecular weight is 494 g/mol. The molecule has 0 bridgehead atoms. The van der Waals surface area contributed by atoms with Crippen molar-refractivity contribution in [2.75, 3.05) is 13.2 Å². The zero-order valence-electron chi connectivity index (χ0n) is 19.3.